The predicted molar refractivity (Wildman–Crippen MR) is 66.2 cm³/mol. The highest BCUT2D eigenvalue weighted by molar-refractivity contribution is 6.41. The number of hydrogen-bond donors (Lipinski definition) is 2. The normalized spacial score (nSPS) is 12.6. The van der Waals surface area contributed by atoms with Crippen molar-refractivity contribution in [3.8, 4) is 0 Å². The molecule has 1 unspecified atom stereocenters. The molecular formula is C10H12Cl3NO. The summed E-state index contributed by atoms with van der Waals surface area (Å²) in [4.78, 5) is 0. The molecular weight excluding hydrogens is 256 g/mol. The van der Waals surface area contributed by atoms with Gasteiger partial charge in [-0.3, -0.25) is 0 Å². The molecule has 1 atom stereocenters. The van der Waals surface area contributed by atoms with E-state index in [-0.39, 0.29) is 12.5 Å². The van der Waals surface area contributed by atoms with Gasteiger partial charge in [0.1, 0.15) is 0 Å². The molecule has 0 saturated heterocycles. The Kier molecular flexibility index (Phi) is 5.00. The Morgan fingerprint density at radius 3 is 2.27 bits per heavy atom. The summed E-state index contributed by atoms with van der Waals surface area (Å²) in [6.45, 7) is 2.65. The maximum absolute atomic E-state index is 8.87. The van der Waals surface area contributed by atoms with Gasteiger partial charge in [0.25, 0.3) is 0 Å². The summed E-state index contributed by atoms with van der Waals surface area (Å²) in [7, 11) is 0. The Hall–Kier alpha value is -0.150. The number of benzene rings is 1. The molecule has 0 spiro atoms. The van der Waals surface area contributed by atoms with Crippen LogP contribution in [0.4, 0.5) is 5.69 Å². The van der Waals surface area contributed by atoms with Crippen molar-refractivity contribution in [3.63, 3.8) is 0 Å². The van der Waals surface area contributed by atoms with Crippen LogP contribution >= 0.6 is 34.8 Å². The molecule has 0 aliphatic heterocycles. The maximum Gasteiger partial charge on any atom is 0.0720 e. The van der Waals surface area contributed by atoms with Crippen LogP contribution in [0.2, 0.25) is 15.1 Å². The number of hydrogen-bond acceptors (Lipinski definition) is 2. The van der Waals surface area contributed by atoms with Crippen molar-refractivity contribution in [2.24, 2.45) is 5.92 Å². The highest BCUT2D eigenvalue weighted by Gasteiger charge is 2.08. The first-order valence-corrected chi connectivity index (χ1v) is 5.67. The molecule has 0 heterocycles. The molecule has 2 N–H and O–H groups in total. The number of anilines is 1. The van der Waals surface area contributed by atoms with E-state index in [4.69, 9.17) is 39.9 Å². The van der Waals surface area contributed by atoms with Crippen molar-refractivity contribution in [2.45, 2.75) is 6.92 Å². The summed E-state index contributed by atoms with van der Waals surface area (Å²) in [5.74, 6) is 0.146. The van der Waals surface area contributed by atoms with Crippen molar-refractivity contribution in [1.82, 2.24) is 0 Å². The second kappa shape index (κ2) is 5.80. The molecule has 0 amide bonds. The van der Waals surface area contributed by atoms with Crippen molar-refractivity contribution < 1.29 is 5.11 Å². The van der Waals surface area contributed by atoms with Crippen molar-refractivity contribution in [2.75, 3.05) is 18.5 Å². The van der Waals surface area contributed by atoms with Gasteiger partial charge in [0.2, 0.25) is 0 Å². The molecule has 0 aliphatic carbocycles. The Bertz CT molecular complexity index is 320. The zero-order valence-electron chi connectivity index (χ0n) is 8.23. The molecule has 1 rings (SSSR count). The molecule has 5 heteroatoms. The number of aliphatic hydroxyl groups excluding tert-OH is 1. The fourth-order valence-corrected chi connectivity index (χ4v) is 2.00. The van der Waals surface area contributed by atoms with Gasteiger partial charge in [-0.25, -0.2) is 0 Å². The van der Waals surface area contributed by atoms with Gasteiger partial charge in [-0.15, -0.1) is 0 Å². The number of rotatable bonds is 4. The zero-order chi connectivity index (χ0) is 11.4. The van der Waals surface area contributed by atoms with E-state index in [2.05, 4.69) is 5.32 Å². The topological polar surface area (TPSA) is 32.3 Å². The first kappa shape index (κ1) is 12.9. The minimum atomic E-state index is 0.121. The first-order chi connectivity index (χ1) is 7.04. The SMILES string of the molecule is CC(CO)CNc1c(Cl)cc(Cl)cc1Cl. The van der Waals surface area contributed by atoms with Crippen LogP contribution in [0.1, 0.15) is 6.92 Å². The Morgan fingerprint density at radius 2 is 1.80 bits per heavy atom. The second-order valence-electron chi connectivity index (χ2n) is 3.41. The number of aliphatic hydroxyl groups is 1. The van der Waals surface area contributed by atoms with E-state index in [0.29, 0.717) is 27.3 Å². The van der Waals surface area contributed by atoms with Gasteiger partial charge in [0.15, 0.2) is 0 Å². The van der Waals surface area contributed by atoms with Gasteiger partial charge in [0, 0.05) is 18.2 Å². The molecule has 0 aliphatic rings. The lowest BCUT2D eigenvalue weighted by Crippen LogP contribution is -2.14. The molecule has 84 valence electrons. The molecule has 1 aromatic carbocycles. The third-order valence-electron chi connectivity index (χ3n) is 1.95. The van der Waals surface area contributed by atoms with E-state index in [1.807, 2.05) is 6.92 Å². The smallest absolute Gasteiger partial charge is 0.0720 e. The minimum Gasteiger partial charge on any atom is -0.396 e. The summed E-state index contributed by atoms with van der Waals surface area (Å²) in [6.07, 6.45) is 0. The predicted octanol–water partition coefficient (Wildman–Crippen LogP) is 3.69. The summed E-state index contributed by atoms with van der Waals surface area (Å²) >= 11 is 17.7. The lowest BCUT2D eigenvalue weighted by molar-refractivity contribution is 0.244. The minimum absolute atomic E-state index is 0.121. The largest absolute Gasteiger partial charge is 0.396 e. The average molecular weight is 269 g/mol. The van der Waals surface area contributed by atoms with Crippen LogP contribution < -0.4 is 5.32 Å². The van der Waals surface area contributed by atoms with Crippen molar-refractivity contribution in [1.29, 1.82) is 0 Å². The van der Waals surface area contributed by atoms with Gasteiger partial charge >= 0.3 is 0 Å². The Labute approximate surface area is 104 Å². The molecule has 0 bridgehead atoms. The Balaban J connectivity index is 2.77. The molecule has 0 aromatic heterocycles. The lowest BCUT2D eigenvalue weighted by Gasteiger charge is -2.13. The van der Waals surface area contributed by atoms with Crippen LogP contribution in [-0.4, -0.2) is 18.3 Å². The quantitative estimate of drug-likeness (QED) is 0.873. The van der Waals surface area contributed by atoms with Gasteiger partial charge in [-0.1, -0.05) is 41.7 Å². The summed E-state index contributed by atoms with van der Waals surface area (Å²) in [5.41, 5.74) is 0.656. The van der Waals surface area contributed by atoms with E-state index in [1.165, 1.54) is 0 Å². The van der Waals surface area contributed by atoms with Crippen molar-refractivity contribution in [3.05, 3.63) is 27.2 Å². The van der Waals surface area contributed by atoms with Gasteiger partial charge in [-0.2, -0.15) is 0 Å². The number of nitrogens with one attached hydrogen (secondary N) is 1. The van der Waals surface area contributed by atoms with Crippen LogP contribution in [0.5, 0.6) is 0 Å². The van der Waals surface area contributed by atoms with E-state index in [1.54, 1.807) is 12.1 Å². The monoisotopic (exact) mass is 267 g/mol. The first-order valence-electron chi connectivity index (χ1n) is 4.54. The van der Waals surface area contributed by atoms with E-state index in [0.717, 1.165) is 0 Å². The van der Waals surface area contributed by atoms with Crippen LogP contribution in [0, 0.1) is 5.92 Å². The van der Waals surface area contributed by atoms with E-state index < -0.39 is 0 Å². The number of halogens is 3. The zero-order valence-corrected chi connectivity index (χ0v) is 10.5. The molecule has 0 fully saturated rings. The van der Waals surface area contributed by atoms with Gasteiger partial charge in [0.05, 0.1) is 15.7 Å². The summed E-state index contributed by atoms with van der Waals surface area (Å²) < 4.78 is 0. The highest BCUT2D eigenvalue weighted by atomic mass is 35.5. The van der Waals surface area contributed by atoms with Crippen LogP contribution in [0.25, 0.3) is 0 Å². The summed E-state index contributed by atoms with van der Waals surface area (Å²) in [6, 6.07) is 3.25. The molecule has 15 heavy (non-hydrogen) atoms. The second-order valence-corrected chi connectivity index (χ2v) is 4.66. The summed E-state index contributed by atoms with van der Waals surface area (Å²) in [5, 5.41) is 13.4. The fourth-order valence-electron chi connectivity index (χ4n) is 1.05. The van der Waals surface area contributed by atoms with Crippen LogP contribution in [-0.2, 0) is 0 Å². The average Bonchev–Trinajstić information content (AvgIpc) is 2.15. The third kappa shape index (κ3) is 3.72. The molecule has 0 radical (unpaired) electrons. The molecule has 0 saturated carbocycles. The van der Waals surface area contributed by atoms with Crippen molar-refractivity contribution >= 4 is 40.5 Å². The third-order valence-corrected chi connectivity index (χ3v) is 2.76. The van der Waals surface area contributed by atoms with Gasteiger partial charge in [-0.05, 0) is 18.1 Å². The maximum atomic E-state index is 8.87. The van der Waals surface area contributed by atoms with E-state index in [9.17, 15) is 0 Å². The van der Waals surface area contributed by atoms with E-state index >= 15 is 0 Å². The van der Waals surface area contributed by atoms with Crippen LogP contribution in [0.15, 0.2) is 12.1 Å². The fraction of sp³-hybridized carbons (Fsp3) is 0.400. The molecule has 1 aromatic rings. The van der Waals surface area contributed by atoms with Gasteiger partial charge < -0.3 is 10.4 Å². The molecule has 2 nitrogen and oxygen atoms in total. The lowest BCUT2D eigenvalue weighted by atomic mass is 10.2. The highest BCUT2D eigenvalue weighted by Crippen LogP contribution is 2.33. The van der Waals surface area contributed by atoms with Crippen LogP contribution in [0.3, 0.4) is 0 Å². The Morgan fingerprint density at radius 1 is 1.27 bits per heavy atom. The standard InChI is InChI=1S/C10H12Cl3NO/c1-6(5-15)4-14-10-8(12)2-7(11)3-9(10)13/h2-3,6,14-15H,4-5H2,1H3.